The first kappa shape index (κ1) is 14.7. The molecule has 2 heterocycles. The molecule has 0 radical (unpaired) electrons. The van der Waals surface area contributed by atoms with E-state index < -0.39 is 20.7 Å². The lowest BCUT2D eigenvalue weighted by atomic mass is 10.2. The Balaban J connectivity index is 2.46. The predicted octanol–water partition coefficient (Wildman–Crippen LogP) is 2.14. The molecule has 0 saturated heterocycles. The van der Waals surface area contributed by atoms with Crippen LogP contribution in [0.3, 0.4) is 0 Å². The second kappa shape index (κ2) is 4.71. The van der Waals surface area contributed by atoms with Crippen molar-refractivity contribution in [3.63, 3.8) is 0 Å². The van der Waals surface area contributed by atoms with E-state index in [-0.39, 0.29) is 16.2 Å². The first-order valence-electron chi connectivity index (χ1n) is 5.60. The molecule has 0 spiro atoms. The Hall–Kier alpha value is -1.67. The van der Waals surface area contributed by atoms with Crippen LogP contribution in [-0.2, 0) is 13.8 Å². The number of rotatable bonds is 1. The number of aromatic nitrogens is 3. The molecular weight excluding hydrogens is 306 g/mol. The summed E-state index contributed by atoms with van der Waals surface area (Å²) in [6.45, 7) is 5.21. The van der Waals surface area contributed by atoms with Gasteiger partial charge in [0.15, 0.2) is 10.7 Å². The molecule has 7 nitrogen and oxygen atoms in total. The van der Waals surface area contributed by atoms with Crippen molar-refractivity contribution in [1.29, 1.82) is 0 Å². The first-order valence-corrected chi connectivity index (χ1v) is 7.91. The molecule has 108 valence electrons. The van der Waals surface area contributed by atoms with Gasteiger partial charge in [-0.1, -0.05) is 0 Å². The molecule has 2 aromatic rings. The molecular formula is C11H12ClN3O4S. The molecule has 0 aliphatic carbocycles. The first-order chi connectivity index (χ1) is 9.08. The van der Waals surface area contributed by atoms with Crippen LogP contribution < -0.4 is 0 Å². The summed E-state index contributed by atoms with van der Waals surface area (Å²) in [6.07, 6.45) is 1.78. The molecule has 2 rings (SSSR count). The summed E-state index contributed by atoms with van der Waals surface area (Å²) in [5.74, 6) is 0. The largest absolute Gasteiger partial charge is 0.443 e. The van der Waals surface area contributed by atoms with Gasteiger partial charge in [0, 0.05) is 16.9 Å². The standard InChI is InChI=1S/C11H12ClN3O4S/c1-11(2,3)19-10(16)15-5-4-7-9(15)13-6-8(14-7)20(12,17)18/h4-6H,1-3H3. The molecule has 2 aromatic heterocycles. The van der Waals surface area contributed by atoms with E-state index in [0.717, 1.165) is 10.8 Å². The van der Waals surface area contributed by atoms with Crippen molar-refractivity contribution in [3.05, 3.63) is 18.5 Å². The van der Waals surface area contributed by atoms with E-state index in [1.807, 2.05) is 0 Å². The molecule has 0 amide bonds. The van der Waals surface area contributed by atoms with Crippen LogP contribution in [0, 0.1) is 0 Å². The highest BCUT2D eigenvalue weighted by Crippen LogP contribution is 2.18. The number of fused-ring (bicyclic) bond motifs is 1. The van der Waals surface area contributed by atoms with E-state index >= 15 is 0 Å². The fourth-order valence-electron chi connectivity index (χ4n) is 1.47. The number of nitrogens with zero attached hydrogens (tertiary/aromatic N) is 3. The summed E-state index contributed by atoms with van der Waals surface area (Å²) in [4.78, 5) is 19.7. The van der Waals surface area contributed by atoms with Gasteiger partial charge in [-0.2, -0.15) is 0 Å². The molecule has 0 fully saturated rings. The van der Waals surface area contributed by atoms with Crippen LogP contribution in [0.15, 0.2) is 23.5 Å². The molecule has 0 bridgehead atoms. The third-order valence-electron chi connectivity index (χ3n) is 2.21. The van der Waals surface area contributed by atoms with Gasteiger partial charge in [-0.05, 0) is 26.8 Å². The Morgan fingerprint density at radius 1 is 1.40 bits per heavy atom. The van der Waals surface area contributed by atoms with Gasteiger partial charge in [-0.3, -0.25) is 0 Å². The number of hydrogen-bond acceptors (Lipinski definition) is 6. The zero-order valence-corrected chi connectivity index (χ0v) is 12.6. The SMILES string of the molecule is CC(C)(C)OC(=O)n1ccc2nc(S(=O)(=O)Cl)cnc21. The molecule has 9 heteroatoms. The maximum Gasteiger partial charge on any atom is 0.420 e. The predicted molar refractivity (Wildman–Crippen MR) is 72.2 cm³/mol. The van der Waals surface area contributed by atoms with Crippen LogP contribution in [0.25, 0.3) is 11.2 Å². The van der Waals surface area contributed by atoms with E-state index in [1.165, 1.54) is 12.3 Å². The molecule has 0 unspecified atom stereocenters. The van der Waals surface area contributed by atoms with Gasteiger partial charge in [0.25, 0.3) is 9.05 Å². The summed E-state index contributed by atoms with van der Waals surface area (Å²) < 4.78 is 28.7. The highest BCUT2D eigenvalue weighted by molar-refractivity contribution is 8.13. The summed E-state index contributed by atoms with van der Waals surface area (Å²) in [5.41, 5.74) is -0.221. The fourth-order valence-corrected chi connectivity index (χ4v) is 2.08. The molecule has 0 aromatic carbocycles. The Kier molecular flexibility index (Phi) is 3.47. The van der Waals surface area contributed by atoms with Gasteiger partial charge >= 0.3 is 6.09 Å². The second-order valence-corrected chi connectivity index (χ2v) is 7.53. The van der Waals surface area contributed by atoms with Crippen molar-refractivity contribution in [2.75, 3.05) is 0 Å². The molecule has 0 aliphatic heterocycles. The third kappa shape index (κ3) is 3.07. The van der Waals surface area contributed by atoms with Gasteiger partial charge < -0.3 is 4.74 Å². The molecule has 0 atom stereocenters. The minimum absolute atomic E-state index is 0.198. The molecule has 0 N–H and O–H groups in total. The van der Waals surface area contributed by atoms with Crippen molar-refractivity contribution in [2.45, 2.75) is 31.4 Å². The highest BCUT2D eigenvalue weighted by atomic mass is 35.7. The fraction of sp³-hybridized carbons (Fsp3) is 0.364. The van der Waals surface area contributed by atoms with Gasteiger partial charge in [0.05, 0.1) is 6.20 Å². The smallest absolute Gasteiger partial charge is 0.420 e. The van der Waals surface area contributed by atoms with Crippen LogP contribution >= 0.6 is 10.7 Å². The van der Waals surface area contributed by atoms with Crippen molar-refractivity contribution >= 4 is 37.0 Å². The van der Waals surface area contributed by atoms with Gasteiger partial charge in [-0.15, -0.1) is 0 Å². The topological polar surface area (TPSA) is 91.2 Å². The normalized spacial score (nSPS) is 12.6. The van der Waals surface area contributed by atoms with Crippen molar-refractivity contribution in [3.8, 4) is 0 Å². The quantitative estimate of drug-likeness (QED) is 0.748. The Bertz CT molecular complexity index is 777. The van der Waals surface area contributed by atoms with Crippen molar-refractivity contribution in [1.82, 2.24) is 14.5 Å². The zero-order valence-electron chi connectivity index (χ0n) is 11.0. The van der Waals surface area contributed by atoms with Crippen LogP contribution in [-0.4, -0.2) is 34.6 Å². The maximum atomic E-state index is 11.9. The lowest BCUT2D eigenvalue weighted by Gasteiger charge is -2.19. The molecule has 0 aliphatic rings. The highest BCUT2D eigenvalue weighted by Gasteiger charge is 2.21. The maximum absolute atomic E-state index is 11.9. The Labute approximate surface area is 120 Å². The lowest BCUT2D eigenvalue weighted by Crippen LogP contribution is -2.26. The number of ether oxygens (including phenoxy) is 1. The second-order valence-electron chi connectivity index (χ2n) is 5.02. The summed E-state index contributed by atoms with van der Waals surface area (Å²) in [5, 5.41) is -0.367. The number of hydrogen-bond donors (Lipinski definition) is 0. The van der Waals surface area contributed by atoms with E-state index in [9.17, 15) is 13.2 Å². The lowest BCUT2D eigenvalue weighted by molar-refractivity contribution is 0.0543. The van der Waals surface area contributed by atoms with Gasteiger partial charge in [0.1, 0.15) is 11.1 Å². The minimum Gasteiger partial charge on any atom is -0.443 e. The molecule has 0 saturated carbocycles. The Morgan fingerprint density at radius 2 is 2.05 bits per heavy atom. The van der Waals surface area contributed by atoms with Crippen LogP contribution in [0.1, 0.15) is 20.8 Å². The van der Waals surface area contributed by atoms with Gasteiger partial charge in [0.2, 0.25) is 0 Å². The van der Waals surface area contributed by atoms with Crippen LogP contribution in [0.2, 0.25) is 0 Å². The van der Waals surface area contributed by atoms with E-state index in [1.54, 1.807) is 20.8 Å². The number of carbonyl (C=O) groups is 1. The minimum atomic E-state index is -3.96. The van der Waals surface area contributed by atoms with Crippen molar-refractivity contribution < 1.29 is 17.9 Å². The monoisotopic (exact) mass is 317 g/mol. The third-order valence-corrected chi connectivity index (χ3v) is 3.38. The van der Waals surface area contributed by atoms with E-state index in [0.29, 0.717) is 0 Å². The van der Waals surface area contributed by atoms with Crippen LogP contribution in [0.4, 0.5) is 4.79 Å². The average Bonchev–Trinajstić information content (AvgIpc) is 2.67. The summed E-state index contributed by atoms with van der Waals surface area (Å²) >= 11 is 0. The van der Waals surface area contributed by atoms with E-state index in [2.05, 4.69) is 9.97 Å². The zero-order chi connectivity index (χ0) is 15.1. The van der Waals surface area contributed by atoms with E-state index in [4.69, 9.17) is 15.4 Å². The number of carbonyl (C=O) groups excluding carboxylic acids is 1. The summed E-state index contributed by atoms with van der Waals surface area (Å²) in [7, 11) is 1.23. The molecule has 20 heavy (non-hydrogen) atoms. The summed E-state index contributed by atoms with van der Waals surface area (Å²) in [6, 6.07) is 1.46. The average molecular weight is 318 g/mol. The van der Waals surface area contributed by atoms with Crippen molar-refractivity contribution in [2.24, 2.45) is 0 Å². The Morgan fingerprint density at radius 3 is 2.60 bits per heavy atom. The van der Waals surface area contributed by atoms with Crippen LogP contribution in [0.5, 0.6) is 0 Å². The van der Waals surface area contributed by atoms with Gasteiger partial charge in [-0.25, -0.2) is 27.7 Å². The number of halogens is 1.